The van der Waals surface area contributed by atoms with Crippen molar-refractivity contribution in [2.45, 2.75) is 32.5 Å². The van der Waals surface area contributed by atoms with Gasteiger partial charge >= 0.3 is 6.18 Å². The van der Waals surface area contributed by atoms with Crippen LogP contribution in [0, 0.1) is 0 Å². The third-order valence-electron chi connectivity index (χ3n) is 2.57. The average molecular weight is 293 g/mol. The summed E-state index contributed by atoms with van der Waals surface area (Å²) in [4.78, 5) is 13.4. The Hall–Kier alpha value is -1.57. The number of carbonyl (C=O) groups excluding carboxylic acids is 1. The molecule has 0 aliphatic carbocycles. The molecule has 0 fully saturated rings. The van der Waals surface area contributed by atoms with Crippen LogP contribution >= 0.6 is 0 Å². The van der Waals surface area contributed by atoms with Crippen molar-refractivity contribution in [3.8, 4) is 0 Å². The van der Waals surface area contributed by atoms with Crippen LogP contribution in [0.1, 0.15) is 36.8 Å². The van der Waals surface area contributed by atoms with Crippen LogP contribution < -0.4 is 0 Å². The van der Waals surface area contributed by atoms with Gasteiger partial charge in [-0.05, 0) is 20.8 Å². The summed E-state index contributed by atoms with van der Waals surface area (Å²) in [5.41, 5.74) is -2.91. The Morgan fingerprint density at radius 2 is 2.00 bits per heavy atom. The molecule has 0 radical (unpaired) electrons. The Bertz CT molecular complexity index is 489. The highest BCUT2D eigenvalue weighted by Gasteiger charge is 2.40. The quantitative estimate of drug-likeness (QED) is 0.918. The fraction of sp³-hybridized carbons (Fsp3) is 0.667. The van der Waals surface area contributed by atoms with Crippen molar-refractivity contribution in [3.63, 3.8) is 0 Å². The number of aliphatic hydroxyl groups is 1. The van der Waals surface area contributed by atoms with E-state index in [0.29, 0.717) is 0 Å². The van der Waals surface area contributed by atoms with E-state index in [2.05, 4.69) is 5.10 Å². The first kappa shape index (κ1) is 16.5. The summed E-state index contributed by atoms with van der Waals surface area (Å²) in [7, 11) is 1.32. The van der Waals surface area contributed by atoms with Crippen molar-refractivity contribution in [2.24, 2.45) is 7.05 Å². The highest BCUT2D eigenvalue weighted by molar-refractivity contribution is 5.95. The third-order valence-corrected chi connectivity index (χ3v) is 2.57. The molecule has 0 saturated carbocycles. The lowest BCUT2D eigenvalue weighted by atomic mass is 10.1. The Balaban J connectivity index is 3.14. The number of aryl methyl sites for hydroxylation is 1. The van der Waals surface area contributed by atoms with Gasteiger partial charge in [-0.15, -0.1) is 0 Å². The van der Waals surface area contributed by atoms with Crippen molar-refractivity contribution < 1.29 is 23.1 Å². The van der Waals surface area contributed by atoms with Gasteiger partial charge in [0.15, 0.2) is 5.69 Å². The number of carbonyl (C=O) groups is 1. The van der Waals surface area contributed by atoms with Gasteiger partial charge in [-0.1, -0.05) is 0 Å². The van der Waals surface area contributed by atoms with Gasteiger partial charge in [0.1, 0.15) is 0 Å². The first-order chi connectivity index (χ1) is 8.95. The fourth-order valence-corrected chi connectivity index (χ4v) is 1.82. The Labute approximate surface area is 115 Å². The summed E-state index contributed by atoms with van der Waals surface area (Å²) in [5.74, 6) is -0.796. The number of likely N-dealkylation sites (N-methyl/N-ethyl adjacent to an activating group) is 1. The van der Waals surface area contributed by atoms with Gasteiger partial charge in [-0.2, -0.15) is 18.3 Å². The molecule has 0 spiro atoms. The molecule has 0 atom stereocenters. The van der Waals surface area contributed by atoms with Crippen LogP contribution in [0.5, 0.6) is 0 Å². The van der Waals surface area contributed by atoms with E-state index in [4.69, 9.17) is 0 Å². The zero-order valence-electron chi connectivity index (χ0n) is 11.8. The monoisotopic (exact) mass is 293 g/mol. The number of halogens is 3. The van der Waals surface area contributed by atoms with Gasteiger partial charge in [0.2, 0.25) is 0 Å². The van der Waals surface area contributed by atoms with Gasteiger partial charge in [-0.3, -0.25) is 9.48 Å². The van der Waals surface area contributed by atoms with E-state index in [-0.39, 0.29) is 13.1 Å². The number of alkyl halides is 3. The Kier molecular flexibility index (Phi) is 4.48. The first-order valence-corrected chi connectivity index (χ1v) is 6.08. The molecule has 1 aromatic rings. The van der Waals surface area contributed by atoms with E-state index in [1.807, 2.05) is 0 Å². The Morgan fingerprint density at radius 1 is 1.45 bits per heavy atom. The second kappa shape index (κ2) is 5.43. The molecule has 114 valence electrons. The minimum absolute atomic E-state index is 0.0610. The van der Waals surface area contributed by atoms with Crippen molar-refractivity contribution in [1.29, 1.82) is 0 Å². The fourth-order valence-electron chi connectivity index (χ4n) is 1.82. The largest absolute Gasteiger partial charge is 0.435 e. The van der Waals surface area contributed by atoms with Crippen LogP contribution in [0.2, 0.25) is 0 Å². The first-order valence-electron chi connectivity index (χ1n) is 6.08. The number of hydrogen-bond donors (Lipinski definition) is 1. The summed E-state index contributed by atoms with van der Waals surface area (Å²) in [6, 6.07) is 0. The summed E-state index contributed by atoms with van der Waals surface area (Å²) in [6.45, 7) is 4.73. The molecular weight excluding hydrogens is 275 g/mol. The molecule has 8 heteroatoms. The zero-order valence-corrected chi connectivity index (χ0v) is 11.8. The van der Waals surface area contributed by atoms with Crippen LogP contribution in [-0.2, 0) is 13.2 Å². The van der Waals surface area contributed by atoms with E-state index < -0.39 is 28.9 Å². The van der Waals surface area contributed by atoms with E-state index in [1.54, 1.807) is 6.92 Å². The maximum Gasteiger partial charge on any atom is 0.435 e. The number of nitrogens with zero attached hydrogens (tertiary/aromatic N) is 3. The van der Waals surface area contributed by atoms with Crippen LogP contribution in [0.15, 0.2) is 6.20 Å². The summed E-state index contributed by atoms with van der Waals surface area (Å²) >= 11 is 0. The molecule has 0 bridgehead atoms. The highest BCUT2D eigenvalue weighted by Crippen LogP contribution is 2.31. The normalized spacial score (nSPS) is 12.6. The summed E-state index contributed by atoms with van der Waals surface area (Å²) < 4.78 is 39.4. The SMILES string of the molecule is CCN(CC(C)(C)O)C(=O)c1cn(C)nc1C(F)(F)F. The molecule has 0 saturated heterocycles. The second-order valence-corrected chi connectivity index (χ2v) is 5.19. The standard InChI is InChI=1S/C12H18F3N3O2/c1-5-18(7-11(2,3)20)10(19)8-6-17(4)16-9(8)12(13,14)15/h6,20H,5,7H2,1-4H3. The maximum atomic E-state index is 12.8. The molecule has 5 nitrogen and oxygen atoms in total. The number of aromatic nitrogens is 2. The number of rotatable bonds is 4. The smallest absolute Gasteiger partial charge is 0.389 e. The van der Waals surface area contributed by atoms with E-state index in [0.717, 1.165) is 15.8 Å². The lowest BCUT2D eigenvalue weighted by molar-refractivity contribution is -0.141. The molecule has 0 aliphatic heterocycles. The predicted octanol–water partition coefficient (Wildman–Crippen LogP) is 1.67. The molecular formula is C12H18F3N3O2. The van der Waals surface area contributed by atoms with Gasteiger partial charge in [-0.25, -0.2) is 0 Å². The lowest BCUT2D eigenvalue weighted by Crippen LogP contribution is -2.42. The van der Waals surface area contributed by atoms with Gasteiger partial charge in [0.05, 0.1) is 11.2 Å². The molecule has 1 amide bonds. The Morgan fingerprint density at radius 3 is 2.40 bits per heavy atom. The summed E-state index contributed by atoms with van der Waals surface area (Å²) in [6.07, 6.45) is -3.65. The minimum Gasteiger partial charge on any atom is -0.389 e. The lowest BCUT2D eigenvalue weighted by Gasteiger charge is -2.28. The molecule has 1 heterocycles. The average Bonchev–Trinajstić information content (AvgIpc) is 2.65. The zero-order chi connectivity index (χ0) is 15.7. The van der Waals surface area contributed by atoms with E-state index in [9.17, 15) is 23.1 Å². The maximum absolute atomic E-state index is 12.8. The van der Waals surface area contributed by atoms with E-state index in [1.165, 1.54) is 20.9 Å². The van der Waals surface area contributed by atoms with Gasteiger partial charge < -0.3 is 10.0 Å². The number of amides is 1. The third kappa shape index (κ3) is 3.96. The molecule has 1 aromatic heterocycles. The molecule has 1 rings (SSSR count). The molecule has 0 unspecified atom stereocenters. The van der Waals surface area contributed by atoms with Crippen molar-refractivity contribution in [3.05, 3.63) is 17.5 Å². The van der Waals surface area contributed by atoms with Crippen LogP contribution in [0.25, 0.3) is 0 Å². The van der Waals surface area contributed by atoms with Gasteiger partial charge in [0, 0.05) is 26.3 Å². The van der Waals surface area contributed by atoms with Crippen molar-refractivity contribution in [2.75, 3.05) is 13.1 Å². The number of hydrogen-bond acceptors (Lipinski definition) is 3. The van der Waals surface area contributed by atoms with Gasteiger partial charge in [0.25, 0.3) is 5.91 Å². The molecule has 0 aliphatic rings. The topological polar surface area (TPSA) is 58.4 Å². The minimum atomic E-state index is -4.69. The van der Waals surface area contributed by atoms with Crippen molar-refractivity contribution in [1.82, 2.24) is 14.7 Å². The van der Waals surface area contributed by atoms with Crippen LogP contribution in [0.3, 0.4) is 0 Å². The second-order valence-electron chi connectivity index (χ2n) is 5.19. The van der Waals surface area contributed by atoms with Crippen molar-refractivity contribution >= 4 is 5.91 Å². The molecule has 0 aromatic carbocycles. The van der Waals surface area contributed by atoms with Crippen LogP contribution in [-0.4, -0.2) is 44.4 Å². The summed E-state index contributed by atoms with van der Waals surface area (Å²) in [5, 5.41) is 13.0. The predicted molar refractivity (Wildman–Crippen MR) is 66.1 cm³/mol. The van der Waals surface area contributed by atoms with E-state index >= 15 is 0 Å². The highest BCUT2D eigenvalue weighted by atomic mass is 19.4. The molecule has 1 N–H and O–H groups in total. The molecule has 20 heavy (non-hydrogen) atoms. The van der Waals surface area contributed by atoms with Crippen LogP contribution in [0.4, 0.5) is 13.2 Å².